The number of aromatic hydroxyl groups is 1. The van der Waals surface area contributed by atoms with Crippen molar-refractivity contribution in [3.8, 4) is 38.6 Å². The molecule has 48 heavy (non-hydrogen) atoms. The van der Waals surface area contributed by atoms with Crippen molar-refractivity contribution in [2.45, 2.75) is 65.7 Å². The van der Waals surface area contributed by atoms with Gasteiger partial charge in [-0.2, -0.15) is 0 Å². The van der Waals surface area contributed by atoms with Crippen molar-refractivity contribution in [3.05, 3.63) is 137 Å². The van der Waals surface area contributed by atoms with E-state index in [2.05, 4.69) is 84.9 Å². The van der Waals surface area contributed by atoms with E-state index in [1.165, 1.54) is 16.9 Å². The van der Waals surface area contributed by atoms with E-state index in [9.17, 15) is 7.85 Å². The Morgan fingerprint density at radius 3 is 2.06 bits per heavy atom. The molecule has 0 amide bonds. The van der Waals surface area contributed by atoms with Gasteiger partial charge in [0.25, 0.3) is 0 Å². The molecule has 7 rings (SSSR count). The van der Waals surface area contributed by atoms with Gasteiger partial charge < -0.3 is 5.11 Å². The number of rotatable bonds is 5. The maximum atomic E-state index is 11.1. The third kappa shape index (κ3) is 6.25. The van der Waals surface area contributed by atoms with Crippen molar-refractivity contribution in [1.29, 1.82) is 0 Å². The van der Waals surface area contributed by atoms with Crippen LogP contribution < -0.4 is 0 Å². The van der Waals surface area contributed by atoms with E-state index >= 15 is 0 Å². The molecule has 4 heteroatoms. The fourth-order valence-electron chi connectivity index (χ4n) is 6.24. The topological polar surface area (TPSA) is 46.0 Å². The number of aryl methyl sites for hydroxylation is 1. The van der Waals surface area contributed by atoms with Crippen LogP contribution in [0.4, 0.5) is 0 Å². The summed E-state index contributed by atoms with van der Waals surface area (Å²) in [6.45, 7) is 15.3. The summed E-state index contributed by atoms with van der Waals surface area (Å²) in [5.41, 5.74) is 10.7. The summed E-state index contributed by atoms with van der Waals surface area (Å²) in [6.07, 6.45) is 0.0926. The number of aromatic nitrogens is 2. The quantitative estimate of drug-likeness (QED) is 0.202. The number of fused-ring (bicyclic) bond motifs is 2. The standard InChI is InChI=1S/C44H42N2OS/c1-27-18-31(23-32(19-27)36-26-34(44(5,6)7)24-30-14-11-17-45-40(30)36)35-21-29(20-28-12-9-8-10-13-28)22-39-41(35)46-42(48-39)37-25-33(43(2,3)4)15-16-38(37)47/h8-19,21-26,47H,20H2,1-7H3/i20D2. The molecule has 0 saturated heterocycles. The molecule has 0 radical (unpaired) electrons. The van der Waals surface area contributed by atoms with E-state index in [-0.39, 0.29) is 16.6 Å². The molecule has 0 aliphatic heterocycles. The first kappa shape index (κ1) is 29.3. The Labute approximate surface area is 290 Å². The summed E-state index contributed by atoms with van der Waals surface area (Å²) >= 11 is 1.48. The van der Waals surface area contributed by atoms with Crippen LogP contribution in [0.25, 0.3) is 53.9 Å². The van der Waals surface area contributed by atoms with Gasteiger partial charge in [0.15, 0.2) is 0 Å². The van der Waals surface area contributed by atoms with Crippen LogP contribution in [0.5, 0.6) is 5.75 Å². The van der Waals surface area contributed by atoms with E-state index in [1.54, 1.807) is 6.07 Å². The molecule has 7 aromatic rings. The van der Waals surface area contributed by atoms with Crippen molar-refractivity contribution < 1.29 is 7.85 Å². The van der Waals surface area contributed by atoms with E-state index in [1.807, 2.05) is 66.9 Å². The number of phenols is 1. The Balaban J connectivity index is 1.49. The van der Waals surface area contributed by atoms with Gasteiger partial charge in [0.2, 0.25) is 0 Å². The zero-order valence-corrected chi connectivity index (χ0v) is 29.5. The predicted molar refractivity (Wildman–Crippen MR) is 204 cm³/mol. The van der Waals surface area contributed by atoms with Crippen LogP contribution in [0.1, 0.15) is 72.1 Å². The molecule has 2 heterocycles. The normalized spacial score (nSPS) is 13.1. The molecular formula is C44H42N2OS. The molecule has 0 aliphatic rings. The van der Waals surface area contributed by atoms with Crippen molar-refractivity contribution in [1.82, 2.24) is 9.97 Å². The Morgan fingerprint density at radius 1 is 0.667 bits per heavy atom. The summed E-state index contributed by atoms with van der Waals surface area (Å²) in [5.74, 6) is 0.175. The second kappa shape index (κ2) is 12.0. The number of thiazole rings is 1. The number of hydrogen-bond acceptors (Lipinski definition) is 4. The van der Waals surface area contributed by atoms with Crippen LogP contribution in [0.15, 0.2) is 109 Å². The zero-order chi connectivity index (χ0) is 35.6. The lowest BCUT2D eigenvalue weighted by atomic mass is 9.83. The molecule has 3 nitrogen and oxygen atoms in total. The third-order valence-electron chi connectivity index (χ3n) is 8.92. The second-order valence-electron chi connectivity index (χ2n) is 14.8. The highest BCUT2D eigenvalue weighted by atomic mass is 32.1. The van der Waals surface area contributed by atoms with E-state index < -0.39 is 6.37 Å². The highest BCUT2D eigenvalue weighted by Crippen LogP contribution is 2.43. The zero-order valence-electron chi connectivity index (χ0n) is 30.6. The Kier molecular flexibility index (Phi) is 7.35. The molecule has 0 unspecified atom stereocenters. The van der Waals surface area contributed by atoms with Gasteiger partial charge in [-0.1, -0.05) is 96.1 Å². The molecule has 1 N–H and O–H groups in total. The fourth-order valence-corrected chi connectivity index (χ4v) is 7.30. The van der Waals surface area contributed by atoms with Crippen LogP contribution in [-0.4, -0.2) is 15.1 Å². The van der Waals surface area contributed by atoms with E-state index in [0.717, 1.165) is 54.5 Å². The van der Waals surface area contributed by atoms with Crippen LogP contribution in [0.2, 0.25) is 0 Å². The molecule has 0 bridgehead atoms. The smallest absolute Gasteiger partial charge is 0.128 e. The Hall–Kier alpha value is -4.80. The number of phenolic OH excluding ortho intramolecular Hbond substituents is 1. The molecule has 5 aromatic carbocycles. The van der Waals surface area contributed by atoms with Crippen LogP contribution >= 0.6 is 11.3 Å². The lowest BCUT2D eigenvalue weighted by Gasteiger charge is -2.21. The first-order valence-electron chi connectivity index (χ1n) is 17.5. The molecular weight excluding hydrogens is 605 g/mol. The highest BCUT2D eigenvalue weighted by Gasteiger charge is 2.21. The molecule has 240 valence electrons. The summed E-state index contributed by atoms with van der Waals surface area (Å²) in [5, 5.41) is 12.9. The first-order chi connectivity index (χ1) is 23.6. The van der Waals surface area contributed by atoms with Crippen LogP contribution in [0, 0.1) is 6.92 Å². The number of pyridine rings is 1. The lowest BCUT2D eigenvalue weighted by molar-refractivity contribution is 0.476. The van der Waals surface area contributed by atoms with Gasteiger partial charge in [-0.25, -0.2) is 4.98 Å². The average molecular weight is 649 g/mol. The minimum Gasteiger partial charge on any atom is -0.507 e. The number of benzene rings is 5. The Bertz CT molecular complexity index is 2400. The SMILES string of the molecule is [2H]C([2H])(c1ccccc1)c1cc(-c2cc(C)cc(-c3cc(C(C)(C)C)cc4cccnc34)c2)c2nc(-c3cc(C(C)(C)C)ccc3O)sc2c1. The van der Waals surface area contributed by atoms with Crippen molar-refractivity contribution in [2.24, 2.45) is 0 Å². The highest BCUT2D eigenvalue weighted by molar-refractivity contribution is 7.21. The largest absolute Gasteiger partial charge is 0.507 e. The van der Waals surface area contributed by atoms with E-state index in [4.69, 9.17) is 9.97 Å². The number of hydrogen-bond donors (Lipinski definition) is 1. The van der Waals surface area contributed by atoms with Gasteiger partial charge in [0.1, 0.15) is 10.8 Å². The van der Waals surface area contributed by atoms with Gasteiger partial charge in [-0.3, -0.25) is 4.98 Å². The molecule has 0 fully saturated rings. The van der Waals surface area contributed by atoms with Crippen molar-refractivity contribution in [2.75, 3.05) is 0 Å². The molecule has 0 saturated carbocycles. The second-order valence-corrected chi connectivity index (χ2v) is 15.8. The van der Waals surface area contributed by atoms with Gasteiger partial charge in [0, 0.05) is 25.5 Å². The molecule has 2 aromatic heterocycles. The monoisotopic (exact) mass is 648 g/mol. The van der Waals surface area contributed by atoms with Crippen molar-refractivity contribution in [3.63, 3.8) is 0 Å². The van der Waals surface area contributed by atoms with Gasteiger partial charge >= 0.3 is 0 Å². The lowest BCUT2D eigenvalue weighted by Crippen LogP contribution is -2.11. The van der Waals surface area contributed by atoms with Gasteiger partial charge in [0.05, 0.1) is 21.3 Å². The van der Waals surface area contributed by atoms with Gasteiger partial charge in [-0.15, -0.1) is 11.3 Å². The third-order valence-corrected chi connectivity index (χ3v) is 9.96. The predicted octanol–water partition coefficient (Wildman–Crippen LogP) is 12.0. The maximum Gasteiger partial charge on any atom is 0.128 e. The molecule has 0 spiro atoms. The van der Waals surface area contributed by atoms with Crippen molar-refractivity contribution >= 4 is 32.5 Å². The van der Waals surface area contributed by atoms with Crippen LogP contribution in [0.3, 0.4) is 0 Å². The summed E-state index contributed by atoms with van der Waals surface area (Å²) in [7, 11) is 0. The van der Waals surface area contributed by atoms with Crippen LogP contribution in [-0.2, 0) is 17.2 Å². The summed E-state index contributed by atoms with van der Waals surface area (Å²) in [6, 6.07) is 34.1. The average Bonchev–Trinajstić information content (AvgIpc) is 3.51. The molecule has 0 atom stereocenters. The maximum absolute atomic E-state index is 11.1. The van der Waals surface area contributed by atoms with Gasteiger partial charge in [-0.05, 0) is 112 Å². The van der Waals surface area contributed by atoms with E-state index in [0.29, 0.717) is 21.7 Å². The summed E-state index contributed by atoms with van der Waals surface area (Å²) in [4.78, 5) is 10.0. The minimum absolute atomic E-state index is 0.0538. The first-order valence-corrected chi connectivity index (χ1v) is 17.3. The fraction of sp³-hybridized carbons (Fsp3) is 0.227. The number of nitrogens with zero attached hydrogens (tertiary/aromatic N) is 2. The molecule has 0 aliphatic carbocycles. The summed E-state index contributed by atoms with van der Waals surface area (Å²) < 4.78 is 19.5. The Morgan fingerprint density at radius 2 is 1.35 bits per heavy atom. The minimum atomic E-state index is -1.75.